The van der Waals surface area contributed by atoms with Gasteiger partial charge in [0.15, 0.2) is 8.32 Å². The van der Waals surface area contributed by atoms with E-state index in [1.54, 1.807) is 12.4 Å². The summed E-state index contributed by atoms with van der Waals surface area (Å²) < 4.78 is 17.2. The van der Waals surface area contributed by atoms with Crippen LogP contribution in [-0.4, -0.2) is 38.1 Å². The fraction of sp³-hybridized carbons (Fsp3) is 0.700. The summed E-state index contributed by atoms with van der Waals surface area (Å²) in [5, 5.41) is 0.170. The van der Waals surface area contributed by atoms with Gasteiger partial charge in [-0.05, 0) is 50.5 Å². The number of carbonyl (C=O) groups is 1. The van der Waals surface area contributed by atoms with Crippen molar-refractivity contribution in [3.63, 3.8) is 0 Å². The lowest BCUT2D eigenvalue weighted by atomic mass is 10.1. The third-order valence-corrected chi connectivity index (χ3v) is 9.13. The second-order valence-electron chi connectivity index (χ2n) is 9.31. The summed E-state index contributed by atoms with van der Waals surface area (Å²) in [6.45, 7) is 17.5. The molecule has 0 aliphatic rings. The number of rotatable bonds is 8. The van der Waals surface area contributed by atoms with E-state index in [4.69, 9.17) is 19.6 Å². The van der Waals surface area contributed by atoms with Crippen LogP contribution in [0.15, 0.2) is 18.5 Å². The molecule has 0 saturated carbocycles. The average Bonchev–Trinajstić information content (AvgIpc) is 2.48. The summed E-state index contributed by atoms with van der Waals surface area (Å²) in [5.41, 5.74) is 6.34. The van der Waals surface area contributed by atoms with E-state index in [2.05, 4.69) is 38.8 Å². The van der Waals surface area contributed by atoms with Crippen LogP contribution < -0.4 is 10.5 Å². The molecular weight excluding hydrogens is 360 g/mol. The monoisotopic (exact) mass is 396 g/mol. The quantitative estimate of drug-likeness (QED) is 0.402. The number of carbonyl (C=O) groups excluding carboxylic acids is 1. The minimum Gasteiger partial charge on any atom is -0.490 e. The van der Waals surface area contributed by atoms with Gasteiger partial charge in [-0.3, -0.25) is 9.78 Å². The first-order chi connectivity index (χ1) is 12.2. The molecule has 0 radical (unpaired) electrons. The molecule has 2 N–H and O–H groups in total. The highest BCUT2D eigenvalue weighted by Crippen LogP contribution is 2.36. The van der Waals surface area contributed by atoms with Crippen molar-refractivity contribution < 1.29 is 18.7 Å². The lowest BCUT2D eigenvalue weighted by Gasteiger charge is -2.36. The highest BCUT2D eigenvalue weighted by molar-refractivity contribution is 6.74. The third kappa shape index (κ3) is 8.40. The van der Waals surface area contributed by atoms with Crippen LogP contribution in [0.2, 0.25) is 18.1 Å². The molecule has 154 valence electrons. The van der Waals surface area contributed by atoms with Crippen LogP contribution in [0.5, 0.6) is 5.75 Å². The lowest BCUT2D eigenvalue weighted by Crippen LogP contribution is -2.41. The zero-order valence-corrected chi connectivity index (χ0v) is 19.1. The second kappa shape index (κ2) is 9.17. The SMILES string of the molecule is CC(C)(C)OC(=O)C[C@H](N)c1cncc(OCCO[Si](C)(C)C(C)(C)C)c1. The zero-order chi connectivity index (χ0) is 20.9. The topological polar surface area (TPSA) is 83.7 Å². The maximum absolute atomic E-state index is 11.9. The number of esters is 1. The molecule has 1 rings (SSSR count). The van der Waals surface area contributed by atoms with Crippen LogP contribution in [-0.2, 0) is 14.0 Å². The molecule has 0 fully saturated rings. The van der Waals surface area contributed by atoms with E-state index >= 15 is 0 Å². The average molecular weight is 397 g/mol. The zero-order valence-electron chi connectivity index (χ0n) is 18.1. The smallest absolute Gasteiger partial charge is 0.308 e. The molecule has 1 aromatic rings. The lowest BCUT2D eigenvalue weighted by molar-refractivity contribution is -0.155. The maximum atomic E-state index is 11.9. The third-order valence-electron chi connectivity index (χ3n) is 4.59. The fourth-order valence-electron chi connectivity index (χ4n) is 2.07. The number of nitrogens with zero attached hydrogens (tertiary/aromatic N) is 1. The molecule has 0 amide bonds. The summed E-state index contributed by atoms with van der Waals surface area (Å²) in [6, 6.07) is 1.33. The summed E-state index contributed by atoms with van der Waals surface area (Å²) in [5.74, 6) is 0.287. The van der Waals surface area contributed by atoms with Gasteiger partial charge in [0, 0.05) is 12.2 Å². The van der Waals surface area contributed by atoms with Crippen molar-refractivity contribution in [2.24, 2.45) is 5.73 Å². The summed E-state index contributed by atoms with van der Waals surface area (Å²) in [6.07, 6.45) is 3.38. The molecule has 0 aliphatic carbocycles. The Bertz CT molecular complexity index is 621. The Morgan fingerprint density at radius 3 is 2.33 bits per heavy atom. The Balaban J connectivity index is 2.55. The molecule has 7 heteroatoms. The molecule has 0 bridgehead atoms. The van der Waals surface area contributed by atoms with Gasteiger partial charge in [0.25, 0.3) is 0 Å². The van der Waals surface area contributed by atoms with Gasteiger partial charge in [-0.1, -0.05) is 20.8 Å². The number of pyridine rings is 1. The van der Waals surface area contributed by atoms with Crippen molar-refractivity contribution in [1.29, 1.82) is 0 Å². The first-order valence-electron chi connectivity index (χ1n) is 9.40. The minimum absolute atomic E-state index is 0.0941. The highest BCUT2D eigenvalue weighted by Gasteiger charge is 2.36. The number of hydrogen-bond donors (Lipinski definition) is 1. The van der Waals surface area contributed by atoms with Crippen molar-refractivity contribution in [3.8, 4) is 5.75 Å². The predicted molar refractivity (Wildman–Crippen MR) is 110 cm³/mol. The van der Waals surface area contributed by atoms with E-state index in [0.29, 0.717) is 19.0 Å². The van der Waals surface area contributed by atoms with E-state index in [1.165, 1.54) is 0 Å². The Morgan fingerprint density at radius 2 is 1.78 bits per heavy atom. The molecule has 6 nitrogen and oxygen atoms in total. The van der Waals surface area contributed by atoms with Crippen molar-refractivity contribution in [2.45, 2.75) is 77.7 Å². The summed E-state index contributed by atoms with van der Waals surface area (Å²) >= 11 is 0. The van der Waals surface area contributed by atoms with Gasteiger partial charge < -0.3 is 19.6 Å². The summed E-state index contributed by atoms with van der Waals surface area (Å²) in [7, 11) is -1.78. The molecule has 0 unspecified atom stereocenters. The number of hydrogen-bond acceptors (Lipinski definition) is 6. The van der Waals surface area contributed by atoms with E-state index in [9.17, 15) is 4.79 Å². The molecule has 0 saturated heterocycles. The van der Waals surface area contributed by atoms with Crippen LogP contribution in [0.3, 0.4) is 0 Å². The van der Waals surface area contributed by atoms with Gasteiger partial charge in [0.1, 0.15) is 18.0 Å². The van der Waals surface area contributed by atoms with E-state index < -0.39 is 20.0 Å². The van der Waals surface area contributed by atoms with Crippen molar-refractivity contribution in [3.05, 3.63) is 24.0 Å². The molecule has 1 aromatic heterocycles. The van der Waals surface area contributed by atoms with E-state index in [1.807, 2.05) is 26.8 Å². The maximum Gasteiger partial charge on any atom is 0.308 e. The van der Waals surface area contributed by atoms with Crippen LogP contribution in [0.1, 0.15) is 59.6 Å². The molecular formula is C20H36N2O4Si. The van der Waals surface area contributed by atoms with Gasteiger partial charge in [-0.25, -0.2) is 0 Å². The molecule has 0 spiro atoms. The van der Waals surface area contributed by atoms with Crippen molar-refractivity contribution in [1.82, 2.24) is 4.98 Å². The van der Waals surface area contributed by atoms with Crippen LogP contribution in [0.25, 0.3) is 0 Å². The standard InChI is InChI=1S/C20H36N2O4Si/c1-19(2,3)26-18(23)12-17(21)15-11-16(14-22-13-15)24-9-10-25-27(7,8)20(4,5)6/h11,13-14,17H,9-10,12,21H2,1-8H3/t17-/m0/s1. The Kier molecular flexibility index (Phi) is 8.01. The van der Waals surface area contributed by atoms with Crippen LogP contribution in [0, 0.1) is 0 Å². The molecule has 1 atom stereocenters. The van der Waals surface area contributed by atoms with Crippen molar-refractivity contribution in [2.75, 3.05) is 13.2 Å². The number of nitrogens with two attached hydrogens (primary N) is 1. The fourth-order valence-corrected chi connectivity index (χ4v) is 3.10. The first-order valence-corrected chi connectivity index (χ1v) is 12.3. The van der Waals surface area contributed by atoms with E-state index in [-0.39, 0.29) is 17.4 Å². The number of aromatic nitrogens is 1. The van der Waals surface area contributed by atoms with Gasteiger partial charge in [-0.2, -0.15) is 0 Å². The van der Waals surface area contributed by atoms with Crippen molar-refractivity contribution >= 4 is 14.3 Å². The second-order valence-corrected chi connectivity index (χ2v) is 14.1. The molecule has 0 aliphatic heterocycles. The van der Waals surface area contributed by atoms with Gasteiger partial charge in [0.2, 0.25) is 0 Å². The first kappa shape index (κ1) is 23.6. The Labute approximate surface area is 164 Å². The van der Waals surface area contributed by atoms with E-state index in [0.717, 1.165) is 5.56 Å². The predicted octanol–water partition coefficient (Wildman–Crippen LogP) is 4.21. The normalized spacial score (nSPS) is 14.0. The Hall–Kier alpha value is -1.44. The number of ether oxygens (including phenoxy) is 2. The van der Waals surface area contributed by atoms with Gasteiger partial charge in [-0.15, -0.1) is 0 Å². The molecule has 1 heterocycles. The van der Waals surface area contributed by atoms with Gasteiger partial charge >= 0.3 is 5.97 Å². The highest BCUT2D eigenvalue weighted by atomic mass is 28.4. The van der Waals surface area contributed by atoms with Crippen LogP contribution >= 0.6 is 0 Å². The molecule has 27 heavy (non-hydrogen) atoms. The summed E-state index contributed by atoms with van der Waals surface area (Å²) in [4.78, 5) is 16.1. The Morgan fingerprint density at radius 1 is 1.15 bits per heavy atom. The van der Waals surface area contributed by atoms with Crippen LogP contribution in [0.4, 0.5) is 0 Å². The molecule has 0 aromatic carbocycles. The van der Waals surface area contributed by atoms with Gasteiger partial charge in [0.05, 0.1) is 19.2 Å². The minimum atomic E-state index is -1.78. The largest absolute Gasteiger partial charge is 0.490 e.